The molecular formula is C21H20N2O5S2. The molecule has 0 aliphatic carbocycles. The van der Waals surface area contributed by atoms with Crippen molar-refractivity contribution in [3.8, 4) is 17.2 Å². The Balaban J connectivity index is 1.12. The number of carbonyl (C=O) groups is 1. The largest absolute Gasteiger partial charge is 0.491 e. The van der Waals surface area contributed by atoms with Gasteiger partial charge in [-0.1, -0.05) is 23.9 Å². The van der Waals surface area contributed by atoms with Crippen LogP contribution in [0.15, 0.2) is 46.8 Å². The molecule has 1 aromatic heterocycles. The first-order valence-electron chi connectivity index (χ1n) is 9.65. The van der Waals surface area contributed by atoms with Crippen LogP contribution in [0.5, 0.6) is 17.2 Å². The molecule has 3 heterocycles. The van der Waals surface area contributed by atoms with Crippen LogP contribution in [-0.4, -0.2) is 60.7 Å². The first-order chi connectivity index (χ1) is 14.7. The second kappa shape index (κ2) is 8.71. The normalized spacial score (nSPS) is 18.0. The maximum absolute atomic E-state index is 12.7. The fourth-order valence-corrected chi connectivity index (χ4v) is 5.30. The molecule has 9 heteroatoms. The van der Waals surface area contributed by atoms with Crippen LogP contribution in [0.4, 0.5) is 0 Å². The molecule has 0 bridgehead atoms. The molecule has 156 valence electrons. The van der Waals surface area contributed by atoms with E-state index in [9.17, 15) is 4.79 Å². The molecule has 2 aromatic carbocycles. The van der Waals surface area contributed by atoms with Crippen LogP contribution in [0.2, 0.25) is 0 Å². The van der Waals surface area contributed by atoms with E-state index in [0.29, 0.717) is 43.6 Å². The summed E-state index contributed by atoms with van der Waals surface area (Å²) in [6.45, 7) is 2.22. The SMILES string of the molecule is O=C(CSc1nc2ccccc2s1)N1CCOC(COc2ccc3c(c2)OCO3)C1. The van der Waals surface area contributed by atoms with Crippen LogP contribution in [0, 0.1) is 0 Å². The summed E-state index contributed by atoms with van der Waals surface area (Å²) >= 11 is 3.11. The number of morpholine rings is 1. The zero-order chi connectivity index (χ0) is 20.3. The Morgan fingerprint density at radius 1 is 1.23 bits per heavy atom. The molecule has 0 radical (unpaired) electrons. The highest BCUT2D eigenvalue weighted by Gasteiger charge is 2.25. The van der Waals surface area contributed by atoms with Crippen molar-refractivity contribution < 1.29 is 23.7 Å². The van der Waals surface area contributed by atoms with Crippen molar-refractivity contribution >= 4 is 39.2 Å². The number of aromatic nitrogens is 1. The van der Waals surface area contributed by atoms with Crippen molar-refractivity contribution in [2.45, 2.75) is 10.4 Å². The quantitative estimate of drug-likeness (QED) is 0.540. The molecule has 1 saturated heterocycles. The zero-order valence-corrected chi connectivity index (χ0v) is 17.7. The fraction of sp³-hybridized carbons (Fsp3) is 0.333. The Morgan fingerprint density at radius 3 is 3.07 bits per heavy atom. The summed E-state index contributed by atoms with van der Waals surface area (Å²) in [6, 6.07) is 13.5. The molecule has 0 saturated carbocycles. The topological polar surface area (TPSA) is 70.1 Å². The lowest BCUT2D eigenvalue weighted by Gasteiger charge is -2.32. The number of carbonyl (C=O) groups excluding carboxylic acids is 1. The number of amides is 1. The van der Waals surface area contributed by atoms with Crippen LogP contribution < -0.4 is 14.2 Å². The number of hydrogen-bond acceptors (Lipinski definition) is 8. The monoisotopic (exact) mass is 444 g/mol. The molecule has 7 nitrogen and oxygen atoms in total. The lowest BCUT2D eigenvalue weighted by atomic mass is 10.2. The van der Waals surface area contributed by atoms with E-state index in [1.165, 1.54) is 11.8 Å². The molecular weight excluding hydrogens is 424 g/mol. The van der Waals surface area contributed by atoms with Gasteiger partial charge in [-0.3, -0.25) is 4.79 Å². The molecule has 0 N–H and O–H groups in total. The first kappa shape index (κ1) is 19.5. The molecule has 1 atom stereocenters. The van der Waals surface area contributed by atoms with E-state index in [4.69, 9.17) is 18.9 Å². The van der Waals surface area contributed by atoms with E-state index in [1.807, 2.05) is 47.4 Å². The van der Waals surface area contributed by atoms with Gasteiger partial charge in [-0.2, -0.15) is 0 Å². The van der Waals surface area contributed by atoms with Gasteiger partial charge < -0.3 is 23.8 Å². The zero-order valence-electron chi connectivity index (χ0n) is 16.1. The minimum Gasteiger partial charge on any atom is -0.491 e. The summed E-state index contributed by atoms with van der Waals surface area (Å²) in [6.07, 6.45) is -0.166. The van der Waals surface area contributed by atoms with Crippen molar-refractivity contribution in [3.63, 3.8) is 0 Å². The average molecular weight is 445 g/mol. The van der Waals surface area contributed by atoms with Crippen LogP contribution in [0.25, 0.3) is 10.2 Å². The summed E-state index contributed by atoms with van der Waals surface area (Å²) in [5.74, 6) is 2.56. The lowest BCUT2D eigenvalue weighted by Crippen LogP contribution is -2.48. The van der Waals surface area contributed by atoms with E-state index in [0.717, 1.165) is 20.3 Å². The van der Waals surface area contributed by atoms with Gasteiger partial charge in [-0.15, -0.1) is 11.3 Å². The van der Waals surface area contributed by atoms with Gasteiger partial charge in [-0.05, 0) is 24.3 Å². The molecule has 0 spiro atoms. The van der Waals surface area contributed by atoms with Crippen molar-refractivity contribution in [1.82, 2.24) is 9.88 Å². The number of thioether (sulfide) groups is 1. The Kier molecular flexibility index (Phi) is 5.65. The predicted octanol–water partition coefficient (Wildman–Crippen LogP) is 3.42. The number of thiazole rings is 1. The third-order valence-corrected chi connectivity index (χ3v) is 7.03. The Bertz CT molecular complexity index is 1020. The van der Waals surface area contributed by atoms with Gasteiger partial charge >= 0.3 is 0 Å². The Hall–Kier alpha value is -2.49. The van der Waals surface area contributed by atoms with E-state index in [-0.39, 0.29) is 18.8 Å². The second-order valence-corrected chi connectivity index (χ2v) is 9.15. The average Bonchev–Trinajstić information content (AvgIpc) is 3.42. The van der Waals surface area contributed by atoms with Gasteiger partial charge in [0.15, 0.2) is 15.8 Å². The fourth-order valence-electron chi connectivity index (χ4n) is 3.33. The first-order valence-corrected chi connectivity index (χ1v) is 11.4. The number of rotatable bonds is 6. The third kappa shape index (κ3) is 4.33. The molecule has 1 amide bonds. The predicted molar refractivity (Wildman–Crippen MR) is 115 cm³/mol. The van der Waals surface area contributed by atoms with Crippen molar-refractivity contribution in [1.29, 1.82) is 0 Å². The number of benzene rings is 2. The highest BCUT2D eigenvalue weighted by molar-refractivity contribution is 8.01. The lowest BCUT2D eigenvalue weighted by molar-refractivity contribution is -0.137. The van der Waals surface area contributed by atoms with E-state index >= 15 is 0 Å². The van der Waals surface area contributed by atoms with Gasteiger partial charge in [0.05, 0.1) is 29.1 Å². The van der Waals surface area contributed by atoms with Gasteiger partial charge in [0, 0.05) is 12.6 Å². The Morgan fingerprint density at radius 2 is 2.13 bits per heavy atom. The minimum absolute atomic E-state index is 0.0932. The smallest absolute Gasteiger partial charge is 0.233 e. The van der Waals surface area contributed by atoms with Crippen LogP contribution in [0.1, 0.15) is 0 Å². The summed E-state index contributed by atoms with van der Waals surface area (Å²) in [5.41, 5.74) is 0.976. The number of nitrogens with zero attached hydrogens (tertiary/aromatic N) is 2. The van der Waals surface area contributed by atoms with Gasteiger partial charge in [0.25, 0.3) is 0 Å². The highest BCUT2D eigenvalue weighted by atomic mass is 32.2. The maximum atomic E-state index is 12.7. The number of fused-ring (bicyclic) bond motifs is 2. The molecule has 30 heavy (non-hydrogen) atoms. The van der Waals surface area contributed by atoms with Crippen molar-refractivity contribution in [2.24, 2.45) is 0 Å². The summed E-state index contributed by atoms with van der Waals surface area (Å²) in [4.78, 5) is 19.1. The number of hydrogen-bond donors (Lipinski definition) is 0. The minimum atomic E-state index is -0.166. The molecule has 2 aliphatic rings. The van der Waals surface area contributed by atoms with Crippen LogP contribution in [0.3, 0.4) is 0 Å². The Labute approximate surface area is 181 Å². The van der Waals surface area contributed by atoms with Crippen LogP contribution >= 0.6 is 23.1 Å². The molecule has 1 fully saturated rings. The molecule has 5 rings (SSSR count). The molecule has 2 aliphatic heterocycles. The van der Waals surface area contributed by atoms with E-state index in [2.05, 4.69) is 4.98 Å². The summed E-state index contributed by atoms with van der Waals surface area (Å²) in [5, 5.41) is 0. The van der Waals surface area contributed by atoms with Crippen molar-refractivity contribution in [2.75, 3.05) is 38.8 Å². The molecule has 1 unspecified atom stereocenters. The number of ether oxygens (including phenoxy) is 4. The van der Waals surface area contributed by atoms with E-state index in [1.54, 1.807) is 11.3 Å². The third-order valence-electron chi connectivity index (χ3n) is 4.86. The summed E-state index contributed by atoms with van der Waals surface area (Å²) in [7, 11) is 0. The van der Waals surface area contributed by atoms with Crippen LogP contribution in [-0.2, 0) is 9.53 Å². The summed E-state index contributed by atoms with van der Waals surface area (Å²) < 4.78 is 24.4. The van der Waals surface area contributed by atoms with Gasteiger partial charge in [-0.25, -0.2) is 4.98 Å². The standard InChI is InChI=1S/C21H20N2O5S2/c24-20(12-29-21-22-16-3-1-2-4-19(16)30-21)23-7-8-25-15(10-23)11-26-14-5-6-17-18(9-14)28-13-27-17/h1-6,9,15H,7-8,10-13H2. The van der Waals surface area contributed by atoms with Crippen molar-refractivity contribution in [3.05, 3.63) is 42.5 Å². The van der Waals surface area contributed by atoms with Gasteiger partial charge in [0.2, 0.25) is 12.7 Å². The maximum Gasteiger partial charge on any atom is 0.233 e. The van der Waals surface area contributed by atoms with Gasteiger partial charge in [0.1, 0.15) is 18.5 Å². The second-order valence-electron chi connectivity index (χ2n) is 6.89. The highest BCUT2D eigenvalue weighted by Crippen LogP contribution is 2.35. The molecule has 3 aromatic rings. The van der Waals surface area contributed by atoms with E-state index < -0.39 is 0 Å². The number of para-hydroxylation sites is 1.